The molecule has 0 atom stereocenters. The minimum absolute atomic E-state index is 0.212. The molecule has 4 heterocycles. The summed E-state index contributed by atoms with van der Waals surface area (Å²) in [6.45, 7) is 2.73. The summed E-state index contributed by atoms with van der Waals surface area (Å²) in [5, 5.41) is 2.83. The number of morpholine rings is 1. The zero-order valence-electron chi connectivity index (χ0n) is 13.8. The van der Waals surface area contributed by atoms with Crippen molar-refractivity contribution in [2.24, 2.45) is 5.84 Å². The molecule has 4 N–H and O–H groups in total. The maximum atomic E-state index is 12.6. The summed E-state index contributed by atoms with van der Waals surface area (Å²) in [7, 11) is 0. The molecule has 0 aliphatic carbocycles. The lowest BCUT2D eigenvalue weighted by atomic mass is 10.3. The molecule has 0 bridgehead atoms. The Morgan fingerprint density at radius 3 is 2.88 bits per heavy atom. The van der Waals surface area contributed by atoms with Crippen molar-refractivity contribution in [1.82, 2.24) is 15.0 Å². The van der Waals surface area contributed by atoms with Gasteiger partial charge in [0.05, 0.1) is 40.2 Å². The number of hydrazine groups is 1. The number of fused-ring (bicyclic) bond motifs is 1. The number of nitrogens with zero attached hydrogens (tertiary/aromatic N) is 4. The number of nitrogen functional groups attached to an aromatic ring is 1. The van der Waals surface area contributed by atoms with Crippen LogP contribution in [-0.2, 0) is 4.74 Å². The van der Waals surface area contributed by atoms with Gasteiger partial charge in [0, 0.05) is 19.3 Å². The number of nitrogens with one attached hydrogen (secondary N) is 2. The van der Waals surface area contributed by atoms with Gasteiger partial charge in [0.2, 0.25) is 5.95 Å². The number of anilines is 3. The van der Waals surface area contributed by atoms with Crippen LogP contribution < -0.4 is 21.5 Å². The van der Waals surface area contributed by atoms with Crippen LogP contribution in [0.4, 0.5) is 17.5 Å². The Balaban J connectivity index is 1.70. The summed E-state index contributed by atoms with van der Waals surface area (Å²) in [6, 6.07) is 5.30. The summed E-state index contributed by atoms with van der Waals surface area (Å²) in [5.41, 5.74) is 3.81. The van der Waals surface area contributed by atoms with Crippen molar-refractivity contribution in [1.29, 1.82) is 0 Å². The minimum atomic E-state index is -0.212. The number of hydrogen-bond acceptors (Lipinski definition) is 9. The molecule has 0 aromatic carbocycles. The quantitative estimate of drug-likeness (QED) is 0.466. The first kappa shape index (κ1) is 16.6. The van der Waals surface area contributed by atoms with E-state index >= 15 is 0 Å². The lowest BCUT2D eigenvalue weighted by Gasteiger charge is -2.28. The first-order valence-electron chi connectivity index (χ1n) is 8.07. The molecule has 1 aliphatic heterocycles. The van der Waals surface area contributed by atoms with Crippen molar-refractivity contribution in [3.05, 3.63) is 35.5 Å². The van der Waals surface area contributed by atoms with Crippen molar-refractivity contribution in [2.45, 2.75) is 0 Å². The minimum Gasteiger partial charge on any atom is -0.378 e. The standard InChI is InChI=1S/C16H17N7O2S/c17-22-16-20-11-8-12(15(24)19-10-2-1-3-18-9-10)26-13(11)14(21-16)23-4-6-25-7-5-23/h1-3,8-9H,4-7,17H2,(H,19,24)(H,20,21,22). The predicted molar refractivity (Wildman–Crippen MR) is 100 cm³/mol. The van der Waals surface area contributed by atoms with Crippen LogP contribution in [0.1, 0.15) is 9.67 Å². The van der Waals surface area contributed by atoms with Crippen molar-refractivity contribution in [3.8, 4) is 0 Å². The summed E-state index contributed by atoms with van der Waals surface area (Å²) in [6.07, 6.45) is 3.25. The Labute approximate surface area is 153 Å². The second-order valence-corrected chi connectivity index (χ2v) is 6.69. The molecule has 0 saturated carbocycles. The SMILES string of the molecule is NNc1nc(N2CCOCC2)c2sc(C(=O)Nc3cccnc3)cc2n1. The van der Waals surface area contributed by atoms with Crippen LogP contribution in [-0.4, -0.2) is 47.2 Å². The largest absolute Gasteiger partial charge is 0.378 e. The van der Waals surface area contributed by atoms with Crippen LogP contribution in [0.3, 0.4) is 0 Å². The fraction of sp³-hybridized carbons (Fsp3) is 0.250. The van der Waals surface area contributed by atoms with Crippen molar-refractivity contribution >= 4 is 44.9 Å². The molecule has 1 aliphatic rings. The molecule has 134 valence electrons. The van der Waals surface area contributed by atoms with Gasteiger partial charge in [0.25, 0.3) is 5.91 Å². The molecular formula is C16H17N7O2S. The number of pyridine rings is 1. The van der Waals surface area contributed by atoms with E-state index in [0.717, 1.165) is 23.6 Å². The zero-order chi connectivity index (χ0) is 17.9. The van der Waals surface area contributed by atoms with Gasteiger partial charge in [-0.3, -0.25) is 15.2 Å². The monoisotopic (exact) mass is 371 g/mol. The highest BCUT2D eigenvalue weighted by Gasteiger charge is 2.21. The topological polar surface area (TPSA) is 118 Å². The van der Waals surface area contributed by atoms with E-state index in [-0.39, 0.29) is 5.91 Å². The van der Waals surface area contributed by atoms with E-state index in [9.17, 15) is 4.79 Å². The number of carbonyl (C=O) groups excluding carboxylic acids is 1. The van der Waals surface area contributed by atoms with E-state index in [1.54, 1.807) is 30.6 Å². The van der Waals surface area contributed by atoms with E-state index in [1.165, 1.54) is 11.3 Å². The molecule has 3 aromatic rings. The number of amides is 1. The fourth-order valence-corrected chi connectivity index (χ4v) is 3.72. The Kier molecular flexibility index (Phi) is 4.61. The summed E-state index contributed by atoms with van der Waals surface area (Å²) in [4.78, 5) is 28.1. The molecule has 26 heavy (non-hydrogen) atoms. The van der Waals surface area contributed by atoms with E-state index in [4.69, 9.17) is 10.6 Å². The smallest absolute Gasteiger partial charge is 0.265 e. The lowest BCUT2D eigenvalue weighted by molar-refractivity contribution is 0.103. The maximum Gasteiger partial charge on any atom is 0.265 e. The van der Waals surface area contributed by atoms with Crippen LogP contribution in [0, 0.1) is 0 Å². The van der Waals surface area contributed by atoms with Crippen LogP contribution in [0.5, 0.6) is 0 Å². The summed E-state index contributed by atoms with van der Waals surface area (Å²) >= 11 is 1.36. The van der Waals surface area contributed by atoms with Crippen LogP contribution in [0.15, 0.2) is 30.6 Å². The number of hydrogen-bond donors (Lipinski definition) is 3. The molecule has 3 aromatic heterocycles. The molecule has 1 saturated heterocycles. The third-order valence-electron chi connectivity index (χ3n) is 3.94. The third kappa shape index (κ3) is 3.29. The van der Waals surface area contributed by atoms with Gasteiger partial charge < -0.3 is 15.0 Å². The van der Waals surface area contributed by atoms with E-state index in [0.29, 0.717) is 35.2 Å². The van der Waals surface area contributed by atoms with Crippen LogP contribution in [0.25, 0.3) is 10.2 Å². The normalized spacial score (nSPS) is 14.4. The molecule has 1 amide bonds. The highest BCUT2D eigenvalue weighted by atomic mass is 32.1. The van der Waals surface area contributed by atoms with E-state index < -0.39 is 0 Å². The highest BCUT2D eigenvalue weighted by molar-refractivity contribution is 7.21. The molecule has 0 unspecified atom stereocenters. The van der Waals surface area contributed by atoms with Gasteiger partial charge in [0.1, 0.15) is 0 Å². The number of ether oxygens (including phenoxy) is 1. The summed E-state index contributed by atoms with van der Waals surface area (Å²) in [5.74, 6) is 6.37. The van der Waals surface area contributed by atoms with E-state index in [2.05, 4.69) is 30.6 Å². The Morgan fingerprint density at radius 2 is 2.15 bits per heavy atom. The highest BCUT2D eigenvalue weighted by Crippen LogP contribution is 2.33. The molecule has 0 spiro atoms. The lowest BCUT2D eigenvalue weighted by Crippen LogP contribution is -2.37. The Bertz CT molecular complexity index is 925. The first-order chi connectivity index (χ1) is 12.7. The molecule has 9 nitrogen and oxygen atoms in total. The summed E-state index contributed by atoms with van der Waals surface area (Å²) < 4.78 is 6.26. The van der Waals surface area contributed by atoms with Gasteiger partial charge in [-0.1, -0.05) is 0 Å². The fourth-order valence-electron chi connectivity index (χ4n) is 2.71. The Hall–Kier alpha value is -2.82. The molecule has 0 radical (unpaired) electrons. The van der Waals surface area contributed by atoms with Crippen molar-refractivity contribution in [3.63, 3.8) is 0 Å². The van der Waals surface area contributed by atoms with Crippen molar-refractivity contribution in [2.75, 3.05) is 41.9 Å². The van der Waals surface area contributed by atoms with Gasteiger partial charge in [0.15, 0.2) is 5.82 Å². The second-order valence-electron chi connectivity index (χ2n) is 5.64. The first-order valence-corrected chi connectivity index (χ1v) is 8.88. The Morgan fingerprint density at radius 1 is 1.31 bits per heavy atom. The average Bonchev–Trinajstić information content (AvgIpc) is 3.13. The van der Waals surface area contributed by atoms with Gasteiger partial charge in [-0.15, -0.1) is 11.3 Å². The van der Waals surface area contributed by atoms with Crippen LogP contribution in [0.2, 0.25) is 0 Å². The third-order valence-corrected chi connectivity index (χ3v) is 5.06. The number of thiophene rings is 1. The van der Waals surface area contributed by atoms with Crippen LogP contribution >= 0.6 is 11.3 Å². The van der Waals surface area contributed by atoms with Gasteiger partial charge >= 0.3 is 0 Å². The van der Waals surface area contributed by atoms with Gasteiger partial charge in [-0.05, 0) is 18.2 Å². The number of rotatable bonds is 4. The maximum absolute atomic E-state index is 12.6. The molecule has 4 rings (SSSR count). The molecular weight excluding hydrogens is 354 g/mol. The van der Waals surface area contributed by atoms with Crippen molar-refractivity contribution < 1.29 is 9.53 Å². The van der Waals surface area contributed by atoms with Gasteiger partial charge in [-0.2, -0.15) is 4.98 Å². The second kappa shape index (κ2) is 7.20. The molecule has 10 heteroatoms. The zero-order valence-corrected chi connectivity index (χ0v) is 14.6. The van der Waals surface area contributed by atoms with E-state index in [1.807, 2.05) is 0 Å². The number of aromatic nitrogens is 3. The predicted octanol–water partition coefficient (Wildman–Crippen LogP) is 1.46. The van der Waals surface area contributed by atoms with Gasteiger partial charge in [-0.25, -0.2) is 10.8 Å². The number of carbonyl (C=O) groups is 1. The number of nitrogens with two attached hydrogens (primary N) is 1. The molecule has 1 fully saturated rings. The average molecular weight is 371 g/mol.